The average molecular weight is 348 g/mol. The van der Waals surface area contributed by atoms with Crippen LogP contribution in [0.1, 0.15) is 36.2 Å². The Morgan fingerprint density at radius 3 is 2.76 bits per heavy atom. The second kappa shape index (κ2) is 7.65. The van der Waals surface area contributed by atoms with E-state index in [0.717, 1.165) is 11.8 Å². The highest BCUT2D eigenvalue weighted by atomic mass is 16.5. The van der Waals surface area contributed by atoms with Crippen molar-refractivity contribution >= 4 is 23.8 Å². The summed E-state index contributed by atoms with van der Waals surface area (Å²) in [6.45, 7) is 5.93. The fourth-order valence-corrected chi connectivity index (χ4v) is 2.81. The van der Waals surface area contributed by atoms with E-state index in [1.54, 1.807) is 30.9 Å². The minimum absolute atomic E-state index is 0.0851. The maximum atomic E-state index is 12.9. The lowest BCUT2D eigenvalue weighted by atomic mass is 9.99. The standard InChI is InChI=1S/C18H24N2O5/c1-5-16(22)19-6-7-20-14-9-13(10-21)12(2)8-15(14)25-18(3,11-24-4)17(20)23/h8-10H,5-7,11H2,1-4H3,(H,19,22). The van der Waals surface area contributed by atoms with E-state index in [4.69, 9.17) is 9.47 Å². The van der Waals surface area contributed by atoms with Gasteiger partial charge in [0.25, 0.3) is 5.91 Å². The Kier molecular flexibility index (Phi) is 5.79. The summed E-state index contributed by atoms with van der Waals surface area (Å²) >= 11 is 0. The SMILES string of the molecule is CCC(=O)NCCN1C(=O)C(C)(COC)Oc2cc(C)c(C=O)cc21. The Bertz CT molecular complexity index is 688. The van der Waals surface area contributed by atoms with E-state index in [1.165, 1.54) is 7.11 Å². The first-order chi connectivity index (χ1) is 11.9. The number of carbonyl (C=O) groups excluding carboxylic acids is 3. The van der Waals surface area contributed by atoms with Crippen molar-refractivity contribution in [3.63, 3.8) is 0 Å². The molecule has 1 atom stereocenters. The predicted octanol–water partition coefficient (Wildman–Crippen LogP) is 1.46. The van der Waals surface area contributed by atoms with Crippen LogP contribution in [0.25, 0.3) is 0 Å². The Morgan fingerprint density at radius 1 is 1.44 bits per heavy atom. The summed E-state index contributed by atoms with van der Waals surface area (Å²) in [5.74, 6) is 0.162. The largest absolute Gasteiger partial charge is 0.473 e. The molecule has 1 aliphatic heterocycles. The van der Waals surface area contributed by atoms with Crippen LogP contribution >= 0.6 is 0 Å². The van der Waals surface area contributed by atoms with Crippen molar-refractivity contribution in [1.29, 1.82) is 0 Å². The summed E-state index contributed by atoms with van der Waals surface area (Å²) in [7, 11) is 1.50. The molecule has 1 heterocycles. The van der Waals surface area contributed by atoms with Crippen molar-refractivity contribution in [1.82, 2.24) is 5.32 Å². The van der Waals surface area contributed by atoms with E-state index in [9.17, 15) is 14.4 Å². The summed E-state index contributed by atoms with van der Waals surface area (Å²) in [5.41, 5.74) is 0.623. The molecule has 7 nitrogen and oxygen atoms in total. The van der Waals surface area contributed by atoms with Gasteiger partial charge in [-0.3, -0.25) is 14.4 Å². The van der Waals surface area contributed by atoms with Gasteiger partial charge >= 0.3 is 0 Å². The van der Waals surface area contributed by atoms with Crippen molar-refractivity contribution in [3.05, 3.63) is 23.3 Å². The highest BCUT2D eigenvalue weighted by molar-refractivity contribution is 6.03. The number of rotatable bonds is 7. The summed E-state index contributed by atoms with van der Waals surface area (Å²) in [6, 6.07) is 3.39. The van der Waals surface area contributed by atoms with Gasteiger partial charge in [-0.05, 0) is 31.5 Å². The van der Waals surface area contributed by atoms with Gasteiger partial charge in [-0.15, -0.1) is 0 Å². The molecule has 7 heteroatoms. The molecule has 1 N–H and O–H groups in total. The Labute approximate surface area is 147 Å². The lowest BCUT2D eigenvalue weighted by Gasteiger charge is -2.40. The zero-order valence-corrected chi connectivity index (χ0v) is 15.0. The number of fused-ring (bicyclic) bond motifs is 1. The quantitative estimate of drug-likeness (QED) is 0.754. The minimum Gasteiger partial charge on any atom is -0.473 e. The molecule has 2 amide bonds. The number of hydrogen-bond acceptors (Lipinski definition) is 5. The number of aryl methyl sites for hydroxylation is 1. The van der Waals surface area contributed by atoms with Gasteiger partial charge in [-0.2, -0.15) is 0 Å². The number of carbonyl (C=O) groups is 3. The van der Waals surface area contributed by atoms with Gasteiger partial charge in [0.05, 0.1) is 12.3 Å². The molecule has 136 valence electrons. The summed E-state index contributed by atoms with van der Waals surface area (Å²) in [4.78, 5) is 37.2. The highest BCUT2D eigenvalue weighted by Crippen LogP contribution is 2.39. The number of hydrogen-bond donors (Lipinski definition) is 1. The fourth-order valence-electron chi connectivity index (χ4n) is 2.81. The van der Waals surface area contributed by atoms with Gasteiger partial charge in [0.2, 0.25) is 11.5 Å². The van der Waals surface area contributed by atoms with Crippen LogP contribution in [0.3, 0.4) is 0 Å². The van der Waals surface area contributed by atoms with E-state index in [-0.39, 0.29) is 25.0 Å². The molecule has 0 aliphatic carbocycles. The first-order valence-corrected chi connectivity index (χ1v) is 8.22. The number of nitrogens with one attached hydrogen (secondary N) is 1. The third kappa shape index (κ3) is 3.82. The van der Waals surface area contributed by atoms with Crippen molar-refractivity contribution in [2.45, 2.75) is 32.8 Å². The van der Waals surface area contributed by atoms with Gasteiger partial charge in [0.15, 0.2) is 0 Å². The van der Waals surface area contributed by atoms with Crippen molar-refractivity contribution < 1.29 is 23.9 Å². The van der Waals surface area contributed by atoms with Crippen LogP contribution in [0, 0.1) is 6.92 Å². The number of benzene rings is 1. The molecule has 1 unspecified atom stereocenters. The molecular weight excluding hydrogens is 324 g/mol. The van der Waals surface area contributed by atoms with Crippen LogP contribution in [0.5, 0.6) is 5.75 Å². The van der Waals surface area contributed by atoms with Crippen LogP contribution in [-0.4, -0.2) is 50.5 Å². The molecule has 0 fully saturated rings. The number of amides is 2. The zero-order valence-electron chi connectivity index (χ0n) is 15.0. The van der Waals surface area contributed by atoms with Crippen molar-refractivity contribution in [2.75, 3.05) is 31.7 Å². The molecule has 1 aromatic rings. The summed E-state index contributed by atoms with van der Waals surface area (Å²) < 4.78 is 11.1. The van der Waals surface area contributed by atoms with E-state index in [0.29, 0.717) is 30.0 Å². The van der Waals surface area contributed by atoms with E-state index < -0.39 is 5.60 Å². The van der Waals surface area contributed by atoms with Gasteiger partial charge in [-0.1, -0.05) is 6.92 Å². The topological polar surface area (TPSA) is 84.9 Å². The first kappa shape index (κ1) is 18.9. The monoisotopic (exact) mass is 348 g/mol. The number of aldehydes is 1. The molecule has 25 heavy (non-hydrogen) atoms. The minimum atomic E-state index is -1.16. The van der Waals surface area contributed by atoms with Crippen LogP contribution < -0.4 is 15.0 Å². The van der Waals surface area contributed by atoms with E-state index >= 15 is 0 Å². The van der Waals surface area contributed by atoms with Crippen LogP contribution in [-0.2, 0) is 14.3 Å². The molecule has 1 aliphatic rings. The number of methoxy groups -OCH3 is 1. The molecule has 0 radical (unpaired) electrons. The van der Waals surface area contributed by atoms with Crippen LogP contribution in [0.4, 0.5) is 5.69 Å². The molecule has 1 aromatic carbocycles. The van der Waals surface area contributed by atoms with Gasteiger partial charge in [-0.25, -0.2) is 0 Å². The lowest BCUT2D eigenvalue weighted by Crippen LogP contribution is -2.58. The Balaban J connectivity index is 2.38. The second-order valence-electron chi connectivity index (χ2n) is 6.22. The maximum absolute atomic E-state index is 12.9. The zero-order chi connectivity index (χ0) is 18.6. The van der Waals surface area contributed by atoms with Crippen molar-refractivity contribution in [2.24, 2.45) is 0 Å². The molecule has 2 rings (SSSR count). The lowest BCUT2D eigenvalue weighted by molar-refractivity contribution is -0.138. The molecule has 0 bridgehead atoms. The predicted molar refractivity (Wildman–Crippen MR) is 93.1 cm³/mol. The van der Waals surface area contributed by atoms with E-state index in [1.807, 2.05) is 6.92 Å². The first-order valence-electron chi connectivity index (χ1n) is 8.22. The number of nitrogens with zero attached hydrogens (tertiary/aromatic N) is 1. The summed E-state index contributed by atoms with van der Waals surface area (Å²) in [6.07, 6.45) is 1.13. The number of anilines is 1. The Hall–Kier alpha value is -2.41. The van der Waals surface area contributed by atoms with Crippen molar-refractivity contribution in [3.8, 4) is 5.75 Å². The van der Waals surface area contributed by atoms with Gasteiger partial charge in [0, 0.05) is 32.2 Å². The second-order valence-corrected chi connectivity index (χ2v) is 6.22. The third-order valence-corrected chi connectivity index (χ3v) is 4.20. The Morgan fingerprint density at radius 2 is 2.16 bits per heavy atom. The molecular formula is C18H24N2O5. The van der Waals surface area contributed by atoms with Crippen LogP contribution in [0.2, 0.25) is 0 Å². The maximum Gasteiger partial charge on any atom is 0.273 e. The average Bonchev–Trinajstić information content (AvgIpc) is 2.58. The normalized spacial score (nSPS) is 19.2. The smallest absolute Gasteiger partial charge is 0.273 e. The third-order valence-electron chi connectivity index (χ3n) is 4.20. The molecule has 0 spiro atoms. The fraction of sp³-hybridized carbons (Fsp3) is 0.500. The molecule has 0 saturated carbocycles. The molecule has 0 saturated heterocycles. The van der Waals surface area contributed by atoms with Gasteiger partial charge in [0.1, 0.15) is 12.0 Å². The van der Waals surface area contributed by atoms with E-state index in [2.05, 4.69) is 5.32 Å². The highest BCUT2D eigenvalue weighted by Gasteiger charge is 2.45. The number of ether oxygens (including phenoxy) is 2. The molecule has 0 aromatic heterocycles. The van der Waals surface area contributed by atoms with Crippen LogP contribution in [0.15, 0.2) is 12.1 Å². The summed E-state index contributed by atoms with van der Waals surface area (Å²) in [5, 5.41) is 2.76. The van der Waals surface area contributed by atoms with Gasteiger partial charge < -0.3 is 19.7 Å².